The van der Waals surface area contributed by atoms with Gasteiger partial charge in [0.2, 0.25) is 0 Å². The van der Waals surface area contributed by atoms with Crippen LogP contribution in [-0.4, -0.2) is 22.3 Å². The van der Waals surface area contributed by atoms with Crippen LogP contribution in [-0.2, 0) is 17.0 Å². The van der Waals surface area contributed by atoms with Gasteiger partial charge in [0, 0.05) is 12.4 Å². The Morgan fingerprint density at radius 2 is 2.04 bits per heavy atom. The fourth-order valence-electron chi connectivity index (χ4n) is 3.31. The van der Waals surface area contributed by atoms with Crippen molar-refractivity contribution >= 4 is 28.7 Å². The van der Waals surface area contributed by atoms with E-state index in [9.17, 15) is 4.79 Å². The summed E-state index contributed by atoms with van der Waals surface area (Å²) >= 11 is 1.60. The van der Waals surface area contributed by atoms with Gasteiger partial charge >= 0.3 is 0 Å². The predicted molar refractivity (Wildman–Crippen MR) is 111 cm³/mol. The van der Waals surface area contributed by atoms with Gasteiger partial charge in [-0.1, -0.05) is 60.8 Å². The number of hydrogen-bond donors (Lipinski definition) is 0. The van der Waals surface area contributed by atoms with Crippen LogP contribution in [0.15, 0.2) is 65.1 Å². The van der Waals surface area contributed by atoms with E-state index in [2.05, 4.69) is 30.8 Å². The third-order valence-corrected chi connectivity index (χ3v) is 5.87. The highest BCUT2D eigenvalue weighted by Gasteiger charge is 2.20. The number of hydrogen-bond acceptors (Lipinski definition) is 4. The molecule has 1 aliphatic heterocycles. The van der Waals surface area contributed by atoms with Crippen molar-refractivity contribution in [2.45, 2.75) is 36.4 Å². The molecule has 3 aromatic rings. The molecule has 0 bridgehead atoms. The van der Waals surface area contributed by atoms with E-state index in [-0.39, 0.29) is 11.7 Å². The second-order valence-corrected chi connectivity index (χ2v) is 7.64. The molecule has 4 rings (SSSR count). The maximum absolute atomic E-state index is 13.1. The molecule has 1 aliphatic rings. The summed E-state index contributed by atoms with van der Waals surface area (Å²) < 4.78 is 7.55. The van der Waals surface area contributed by atoms with Crippen molar-refractivity contribution < 1.29 is 4.74 Å². The van der Waals surface area contributed by atoms with Gasteiger partial charge in [0.25, 0.3) is 5.56 Å². The van der Waals surface area contributed by atoms with Crippen molar-refractivity contribution in [2.24, 2.45) is 0 Å². The fourth-order valence-corrected chi connectivity index (χ4v) is 4.27. The van der Waals surface area contributed by atoms with Gasteiger partial charge in [-0.05, 0) is 36.1 Å². The molecule has 4 nitrogen and oxygen atoms in total. The molecule has 0 N–H and O–H groups in total. The largest absolute Gasteiger partial charge is 0.376 e. The number of para-hydroxylation sites is 1. The SMILES string of the molecule is C=Cc1ccc(CSc2nc3ccccc3c(=O)n2C[C@H]2CCCO2)cc1. The molecule has 27 heavy (non-hydrogen) atoms. The van der Waals surface area contributed by atoms with Crippen LogP contribution in [0.4, 0.5) is 0 Å². The number of ether oxygens (including phenoxy) is 1. The van der Waals surface area contributed by atoms with Crippen molar-refractivity contribution in [3.8, 4) is 0 Å². The lowest BCUT2D eigenvalue weighted by molar-refractivity contribution is 0.0937. The molecule has 0 spiro atoms. The first kappa shape index (κ1) is 18.0. The van der Waals surface area contributed by atoms with Crippen molar-refractivity contribution in [1.82, 2.24) is 9.55 Å². The fraction of sp³-hybridized carbons (Fsp3) is 0.273. The summed E-state index contributed by atoms with van der Waals surface area (Å²) in [6.07, 6.45) is 3.98. The molecule has 2 heterocycles. The Kier molecular flexibility index (Phi) is 5.41. The topological polar surface area (TPSA) is 44.1 Å². The van der Waals surface area contributed by atoms with E-state index in [4.69, 9.17) is 9.72 Å². The minimum Gasteiger partial charge on any atom is -0.376 e. The van der Waals surface area contributed by atoms with E-state index in [0.717, 1.165) is 41.4 Å². The normalized spacial score (nSPS) is 16.7. The van der Waals surface area contributed by atoms with Crippen LogP contribution in [0, 0.1) is 0 Å². The average molecular weight is 378 g/mol. The van der Waals surface area contributed by atoms with Gasteiger partial charge in [-0.2, -0.15) is 0 Å². The quantitative estimate of drug-likeness (QED) is 0.468. The van der Waals surface area contributed by atoms with Gasteiger partial charge in [-0.15, -0.1) is 0 Å². The maximum atomic E-state index is 13.1. The van der Waals surface area contributed by atoms with E-state index >= 15 is 0 Å². The first-order chi connectivity index (χ1) is 13.2. The Morgan fingerprint density at radius 1 is 1.22 bits per heavy atom. The molecule has 1 atom stereocenters. The van der Waals surface area contributed by atoms with E-state index in [1.807, 2.05) is 30.3 Å². The zero-order chi connectivity index (χ0) is 18.6. The summed E-state index contributed by atoms with van der Waals surface area (Å²) in [6, 6.07) is 15.8. The van der Waals surface area contributed by atoms with Crippen LogP contribution in [0.5, 0.6) is 0 Å². The molecule has 1 fully saturated rings. The van der Waals surface area contributed by atoms with Crippen molar-refractivity contribution in [2.75, 3.05) is 6.61 Å². The molecular weight excluding hydrogens is 356 g/mol. The summed E-state index contributed by atoms with van der Waals surface area (Å²) in [4.78, 5) is 17.9. The number of rotatable bonds is 6. The van der Waals surface area contributed by atoms with E-state index < -0.39 is 0 Å². The highest BCUT2D eigenvalue weighted by molar-refractivity contribution is 7.98. The number of thioether (sulfide) groups is 1. The van der Waals surface area contributed by atoms with E-state index in [1.54, 1.807) is 16.3 Å². The standard InChI is InChI=1S/C22H22N2O2S/c1-2-16-9-11-17(12-10-16)15-27-22-23-20-8-4-3-7-19(20)21(25)24(22)14-18-6-5-13-26-18/h2-4,7-12,18H,1,5-6,13-15H2/t18-/m1/s1. The van der Waals surface area contributed by atoms with E-state index in [1.165, 1.54) is 5.56 Å². The summed E-state index contributed by atoms with van der Waals surface area (Å²) in [7, 11) is 0. The molecule has 1 aromatic heterocycles. The average Bonchev–Trinajstić information content (AvgIpc) is 3.22. The summed E-state index contributed by atoms with van der Waals surface area (Å²) in [5, 5.41) is 1.41. The van der Waals surface area contributed by atoms with Crippen molar-refractivity contribution in [3.63, 3.8) is 0 Å². The van der Waals surface area contributed by atoms with Crippen LogP contribution in [0.25, 0.3) is 17.0 Å². The molecule has 0 radical (unpaired) electrons. The second kappa shape index (κ2) is 8.11. The van der Waals surface area contributed by atoms with Gasteiger partial charge < -0.3 is 4.74 Å². The molecule has 0 amide bonds. The summed E-state index contributed by atoms with van der Waals surface area (Å²) in [5.41, 5.74) is 3.05. The molecule has 2 aromatic carbocycles. The van der Waals surface area contributed by atoms with Crippen LogP contribution in [0.2, 0.25) is 0 Å². The van der Waals surface area contributed by atoms with Crippen molar-refractivity contribution in [1.29, 1.82) is 0 Å². The molecule has 5 heteroatoms. The lowest BCUT2D eigenvalue weighted by Gasteiger charge is -2.16. The monoisotopic (exact) mass is 378 g/mol. The Hall–Kier alpha value is -2.37. The number of aromatic nitrogens is 2. The zero-order valence-corrected chi connectivity index (χ0v) is 16.0. The first-order valence-electron chi connectivity index (χ1n) is 9.20. The van der Waals surface area contributed by atoms with Crippen LogP contribution in [0.3, 0.4) is 0 Å². The summed E-state index contributed by atoms with van der Waals surface area (Å²) in [5.74, 6) is 0.758. The lowest BCUT2D eigenvalue weighted by Crippen LogP contribution is -2.28. The van der Waals surface area contributed by atoms with Gasteiger partial charge in [0.15, 0.2) is 5.16 Å². The van der Waals surface area contributed by atoms with Crippen molar-refractivity contribution in [3.05, 3.63) is 76.6 Å². The second-order valence-electron chi connectivity index (χ2n) is 6.70. The van der Waals surface area contributed by atoms with Gasteiger partial charge in [-0.25, -0.2) is 4.98 Å². The van der Waals surface area contributed by atoms with Crippen LogP contribution < -0.4 is 5.56 Å². The van der Waals surface area contributed by atoms with E-state index in [0.29, 0.717) is 11.9 Å². The smallest absolute Gasteiger partial charge is 0.262 e. The Balaban J connectivity index is 1.65. The Labute approximate surface area is 162 Å². The van der Waals surface area contributed by atoms with Crippen LogP contribution >= 0.6 is 11.8 Å². The summed E-state index contributed by atoms with van der Waals surface area (Å²) in [6.45, 7) is 5.13. The minimum atomic E-state index is 0.0144. The predicted octanol–water partition coefficient (Wildman–Crippen LogP) is 4.51. The molecular formula is C22H22N2O2S. The molecule has 0 saturated carbocycles. The number of benzene rings is 2. The Morgan fingerprint density at radius 3 is 2.78 bits per heavy atom. The highest BCUT2D eigenvalue weighted by Crippen LogP contribution is 2.24. The molecule has 138 valence electrons. The number of nitrogens with zero attached hydrogens (tertiary/aromatic N) is 2. The highest BCUT2D eigenvalue weighted by atomic mass is 32.2. The molecule has 0 unspecified atom stereocenters. The lowest BCUT2D eigenvalue weighted by atomic mass is 10.1. The van der Waals surface area contributed by atoms with Gasteiger partial charge in [0.1, 0.15) is 0 Å². The minimum absolute atomic E-state index is 0.0144. The van der Waals surface area contributed by atoms with Gasteiger partial charge in [0.05, 0.1) is 23.6 Å². The molecule has 0 aliphatic carbocycles. The van der Waals surface area contributed by atoms with Crippen LogP contribution in [0.1, 0.15) is 24.0 Å². The third kappa shape index (κ3) is 3.99. The maximum Gasteiger partial charge on any atom is 0.262 e. The molecule has 1 saturated heterocycles. The number of fused-ring (bicyclic) bond motifs is 1. The first-order valence-corrected chi connectivity index (χ1v) is 10.2. The van der Waals surface area contributed by atoms with Gasteiger partial charge in [-0.3, -0.25) is 9.36 Å². The zero-order valence-electron chi connectivity index (χ0n) is 15.1. The third-order valence-electron chi connectivity index (χ3n) is 4.82. The Bertz CT molecular complexity index is 1000.